The topological polar surface area (TPSA) is 23.5 Å². The van der Waals surface area contributed by atoms with E-state index in [1.54, 1.807) is 0 Å². The molecular weight excluding hydrogens is 398 g/mol. The lowest BCUT2D eigenvalue weighted by Crippen LogP contribution is -2.39. The Balaban J connectivity index is 1.73. The molecule has 2 unspecified atom stereocenters. The van der Waals surface area contributed by atoms with E-state index in [2.05, 4.69) is 84.4 Å². The molecule has 4 heteroatoms. The Kier molecular flexibility index (Phi) is 8.26. The molecule has 0 bridgehead atoms. The summed E-state index contributed by atoms with van der Waals surface area (Å²) >= 11 is 0. The lowest BCUT2D eigenvalue weighted by molar-refractivity contribution is 0.365. The maximum atomic E-state index is 9.72. The first kappa shape index (κ1) is 21.8. The summed E-state index contributed by atoms with van der Waals surface area (Å²) in [5.74, 6) is 6.63. The Morgan fingerprint density at radius 3 is 1.53 bits per heavy atom. The van der Waals surface area contributed by atoms with Gasteiger partial charge in [0.1, 0.15) is 0 Å². The van der Waals surface area contributed by atoms with Crippen molar-refractivity contribution < 1.29 is 5.11 Å². The van der Waals surface area contributed by atoms with Crippen LogP contribution in [0.25, 0.3) is 0 Å². The smallest absolute Gasteiger partial charge is 0.179 e. The molecule has 3 aromatic rings. The van der Waals surface area contributed by atoms with Gasteiger partial charge in [0.15, 0.2) is 17.6 Å². The van der Waals surface area contributed by atoms with Gasteiger partial charge in [0, 0.05) is 23.5 Å². The van der Waals surface area contributed by atoms with Gasteiger partial charge in [0.2, 0.25) is 0 Å². The Morgan fingerprint density at radius 1 is 0.667 bits per heavy atom. The van der Waals surface area contributed by atoms with Crippen LogP contribution in [0, 0.1) is 22.9 Å². The molecule has 0 spiro atoms. The van der Waals surface area contributed by atoms with Crippen LogP contribution in [-0.4, -0.2) is 54.1 Å². The van der Waals surface area contributed by atoms with Gasteiger partial charge in [-0.3, -0.25) is 0 Å². The number of benzene rings is 3. The molecule has 0 saturated carbocycles. The Hall–Kier alpha value is -2.87. The van der Waals surface area contributed by atoms with E-state index in [1.165, 1.54) is 10.4 Å². The Bertz CT molecular complexity index is 1040. The van der Waals surface area contributed by atoms with Crippen LogP contribution in [0.1, 0.15) is 11.1 Å². The van der Waals surface area contributed by atoms with Crippen molar-refractivity contribution in [2.45, 2.75) is 0 Å². The predicted octanol–water partition coefficient (Wildman–Crippen LogP) is 1.37. The summed E-state index contributed by atoms with van der Waals surface area (Å²) in [6.07, 6.45) is 1.17. The fourth-order valence-corrected chi connectivity index (χ4v) is 6.91. The quantitative estimate of drug-likeness (QED) is 0.493. The average molecular weight is 426 g/mol. The zero-order valence-corrected chi connectivity index (χ0v) is 19.9. The van der Waals surface area contributed by atoms with Gasteiger partial charge in [-0.2, -0.15) is 0 Å². The van der Waals surface area contributed by atoms with Gasteiger partial charge >= 0.3 is 0 Å². The molecule has 0 aliphatic carbocycles. The number of aliphatic hydroxyl groups is 1. The van der Waals surface area contributed by atoms with Gasteiger partial charge in [-0.25, -0.2) is 0 Å². The summed E-state index contributed by atoms with van der Waals surface area (Å²) in [6.45, 7) is 0. The van der Waals surface area contributed by atoms with Gasteiger partial charge in [-0.05, 0) is 48.7 Å². The van der Waals surface area contributed by atoms with E-state index < -0.39 is 17.6 Å². The standard InChI is InChI=1S/C26H27NOSi2/c1-27(2)21-29(25-9-5-3-6-10-25)19-17-23-13-15-24(16-14-23)18-20-30(22-28)26-11-7-4-8-12-26/h3-16,28-30H,21-22H2,1-2H3. The van der Waals surface area contributed by atoms with E-state index in [4.69, 9.17) is 0 Å². The van der Waals surface area contributed by atoms with Crippen LogP contribution in [0.3, 0.4) is 0 Å². The monoisotopic (exact) mass is 425 g/mol. The maximum Gasteiger partial charge on any atom is 0.179 e. The van der Waals surface area contributed by atoms with E-state index in [-0.39, 0.29) is 6.23 Å². The lowest BCUT2D eigenvalue weighted by Gasteiger charge is -2.14. The summed E-state index contributed by atoms with van der Waals surface area (Å²) in [6, 6.07) is 28.9. The number of nitrogens with zero attached hydrogens (tertiary/aromatic N) is 1. The molecule has 3 rings (SSSR count). The molecule has 2 atom stereocenters. The van der Waals surface area contributed by atoms with Crippen molar-refractivity contribution in [2.24, 2.45) is 0 Å². The molecule has 1 N–H and O–H groups in total. The third kappa shape index (κ3) is 6.59. The normalized spacial score (nSPS) is 12.3. The van der Waals surface area contributed by atoms with Crippen molar-refractivity contribution in [3.8, 4) is 22.9 Å². The van der Waals surface area contributed by atoms with Crippen molar-refractivity contribution in [3.63, 3.8) is 0 Å². The Morgan fingerprint density at radius 2 is 1.10 bits per heavy atom. The molecular formula is C26H27NOSi2. The molecule has 2 nitrogen and oxygen atoms in total. The molecule has 0 aliphatic rings. The molecule has 0 saturated heterocycles. The first-order chi connectivity index (χ1) is 14.7. The van der Waals surface area contributed by atoms with Gasteiger partial charge in [0.05, 0.1) is 0 Å². The highest BCUT2D eigenvalue weighted by Crippen LogP contribution is 2.02. The van der Waals surface area contributed by atoms with Crippen LogP contribution in [-0.2, 0) is 0 Å². The van der Waals surface area contributed by atoms with Crippen LogP contribution in [0.15, 0.2) is 84.9 Å². The minimum Gasteiger partial charge on any atom is -0.398 e. The zero-order chi connectivity index (χ0) is 21.2. The molecule has 0 aromatic heterocycles. The zero-order valence-electron chi connectivity index (χ0n) is 17.5. The van der Waals surface area contributed by atoms with Crippen LogP contribution in [0.2, 0.25) is 0 Å². The van der Waals surface area contributed by atoms with Gasteiger partial charge in [-0.1, -0.05) is 72.5 Å². The average Bonchev–Trinajstić information content (AvgIpc) is 2.79. The molecule has 0 radical (unpaired) electrons. The van der Waals surface area contributed by atoms with E-state index in [0.29, 0.717) is 0 Å². The summed E-state index contributed by atoms with van der Waals surface area (Å²) in [4.78, 5) is 2.23. The van der Waals surface area contributed by atoms with Crippen LogP contribution in [0.4, 0.5) is 0 Å². The highest BCUT2D eigenvalue weighted by Gasteiger charge is 2.11. The number of hydrogen-bond acceptors (Lipinski definition) is 2. The largest absolute Gasteiger partial charge is 0.398 e. The maximum absolute atomic E-state index is 9.72. The number of rotatable bonds is 5. The Labute approximate surface area is 183 Å². The van der Waals surface area contributed by atoms with Crippen molar-refractivity contribution in [2.75, 3.05) is 26.5 Å². The van der Waals surface area contributed by atoms with Crippen molar-refractivity contribution in [1.29, 1.82) is 0 Å². The van der Waals surface area contributed by atoms with Gasteiger partial charge in [-0.15, -0.1) is 11.1 Å². The highest BCUT2D eigenvalue weighted by molar-refractivity contribution is 6.81. The summed E-state index contributed by atoms with van der Waals surface area (Å²) in [7, 11) is 1.17. The van der Waals surface area contributed by atoms with Crippen molar-refractivity contribution in [1.82, 2.24) is 4.90 Å². The van der Waals surface area contributed by atoms with E-state index >= 15 is 0 Å². The summed E-state index contributed by atoms with van der Waals surface area (Å²) in [5.41, 5.74) is 8.87. The predicted molar refractivity (Wildman–Crippen MR) is 132 cm³/mol. The van der Waals surface area contributed by atoms with Gasteiger partial charge < -0.3 is 10.0 Å². The number of hydrogen-bond donors (Lipinski definition) is 1. The second kappa shape index (κ2) is 11.4. The van der Waals surface area contributed by atoms with E-state index in [1.807, 2.05) is 42.5 Å². The van der Waals surface area contributed by atoms with E-state index in [0.717, 1.165) is 17.3 Å². The lowest BCUT2D eigenvalue weighted by atomic mass is 10.1. The minimum absolute atomic E-state index is 0.151. The number of aliphatic hydroxyl groups excluding tert-OH is 1. The molecule has 0 heterocycles. The molecule has 3 aromatic carbocycles. The summed E-state index contributed by atoms with van der Waals surface area (Å²) in [5, 5.41) is 12.3. The second-order valence-corrected chi connectivity index (χ2v) is 12.3. The third-order valence-corrected chi connectivity index (χ3v) is 9.63. The second-order valence-electron chi connectivity index (χ2n) is 7.49. The van der Waals surface area contributed by atoms with E-state index in [9.17, 15) is 5.11 Å². The van der Waals surface area contributed by atoms with Gasteiger partial charge in [0.25, 0.3) is 0 Å². The first-order valence-electron chi connectivity index (χ1n) is 10.1. The molecule has 30 heavy (non-hydrogen) atoms. The molecule has 0 fully saturated rings. The fraction of sp³-hybridized carbons (Fsp3) is 0.154. The molecule has 0 amide bonds. The first-order valence-corrected chi connectivity index (χ1v) is 14.1. The summed E-state index contributed by atoms with van der Waals surface area (Å²) < 4.78 is 0. The minimum atomic E-state index is -1.66. The van der Waals surface area contributed by atoms with Crippen LogP contribution < -0.4 is 10.4 Å². The van der Waals surface area contributed by atoms with Crippen LogP contribution >= 0.6 is 0 Å². The molecule has 150 valence electrons. The molecule has 0 aliphatic heterocycles. The fourth-order valence-electron chi connectivity index (χ4n) is 3.18. The van der Waals surface area contributed by atoms with Crippen LogP contribution in [0.5, 0.6) is 0 Å². The SMILES string of the molecule is CN(C)C[SiH](C#Cc1ccc(C#C[SiH](CO)c2ccccc2)cc1)c1ccccc1. The highest BCUT2D eigenvalue weighted by atomic mass is 28.3. The van der Waals surface area contributed by atoms with Crippen molar-refractivity contribution >= 4 is 28.0 Å². The third-order valence-electron chi connectivity index (χ3n) is 4.80. The van der Waals surface area contributed by atoms with Crippen molar-refractivity contribution in [3.05, 3.63) is 96.1 Å².